The van der Waals surface area contributed by atoms with E-state index in [4.69, 9.17) is 14.2 Å². The molecule has 1 unspecified atom stereocenters. The van der Waals surface area contributed by atoms with Crippen LogP contribution in [0.4, 0.5) is 0 Å². The van der Waals surface area contributed by atoms with E-state index >= 15 is 0 Å². The molecule has 1 rings (SSSR count). The van der Waals surface area contributed by atoms with Crippen molar-refractivity contribution in [3.63, 3.8) is 0 Å². The van der Waals surface area contributed by atoms with Gasteiger partial charge in [-0.3, -0.25) is 0 Å². The second-order valence-corrected chi connectivity index (χ2v) is 5.24. The van der Waals surface area contributed by atoms with Crippen LogP contribution >= 0.6 is 0 Å². The quantitative estimate of drug-likeness (QED) is 0.707. The van der Waals surface area contributed by atoms with Gasteiger partial charge in [-0.2, -0.15) is 0 Å². The molecule has 4 heteroatoms. The van der Waals surface area contributed by atoms with E-state index in [1.807, 2.05) is 6.07 Å². The van der Waals surface area contributed by atoms with Gasteiger partial charge in [0.15, 0.2) is 11.5 Å². The van der Waals surface area contributed by atoms with Gasteiger partial charge in [-0.15, -0.1) is 0 Å². The van der Waals surface area contributed by atoms with Gasteiger partial charge in [-0.25, -0.2) is 0 Å². The Morgan fingerprint density at radius 1 is 1.10 bits per heavy atom. The Labute approximate surface area is 121 Å². The monoisotopic (exact) mass is 282 g/mol. The van der Waals surface area contributed by atoms with E-state index in [1.54, 1.807) is 26.4 Å². The third kappa shape index (κ3) is 5.39. The van der Waals surface area contributed by atoms with Crippen molar-refractivity contribution < 1.29 is 19.3 Å². The van der Waals surface area contributed by atoms with E-state index in [0.717, 1.165) is 18.4 Å². The standard InChI is InChI=1S/C16H26O4/c1-12(2)6-5-9-20-11-14(17)13-7-8-15(18-3)16(10-13)19-4/h7-8,10,12,14,17H,5-6,9,11H2,1-4H3. The molecular formula is C16H26O4. The van der Waals surface area contributed by atoms with Crippen molar-refractivity contribution in [2.75, 3.05) is 27.4 Å². The van der Waals surface area contributed by atoms with Crippen molar-refractivity contribution in [1.29, 1.82) is 0 Å². The maximum atomic E-state index is 10.1. The van der Waals surface area contributed by atoms with Crippen molar-refractivity contribution in [2.45, 2.75) is 32.8 Å². The molecule has 1 atom stereocenters. The molecule has 1 aromatic carbocycles. The van der Waals surface area contributed by atoms with Crippen molar-refractivity contribution >= 4 is 0 Å². The minimum Gasteiger partial charge on any atom is -0.493 e. The van der Waals surface area contributed by atoms with Crippen LogP contribution in [-0.4, -0.2) is 32.5 Å². The molecule has 0 saturated heterocycles. The van der Waals surface area contributed by atoms with Gasteiger partial charge in [0.1, 0.15) is 6.10 Å². The summed E-state index contributed by atoms with van der Waals surface area (Å²) in [6, 6.07) is 5.39. The molecule has 0 spiro atoms. The van der Waals surface area contributed by atoms with Gasteiger partial charge in [0.05, 0.1) is 20.8 Å². The third-order valence-electron chi connectivity index (χ3n) is 3.14. The van der Waals surface area contributed by atoms with Gasteiger partial charge in [-0.1, -0.05) is 19.9 Å². The van der Waals surface area contributed by atoms with Crippen LogP contribution in [0, 0.1) is 5.92 Å². The van der Waals surface area contributed by atoms with Crippen molar-refractivity contribution in [1.82, 2.24) is 0 Å². The molecule has 4 nitrogen and oxygen atoms in total. The number of ether oxygens (including phenoxy) is 3. The van der Waals surface area contributed by atoms with E-state index in [2.05, 4.69) is 13.8 Å². The molecule has 114 valence electrons. The molecule has 0 heterocycles. The Morgan fingerprint density at radius 3 is 2.40 bits per heavy atom. The normalized spacial score (nSPS) is 12.5. The molecule has 0 amide bonds. The molecule has 0 aliphatic carbocycles. The van der Waals surface area contributed by atoms with Gasteiger partial charge in [0.25, 0.3) is 0 Å². The van der Waals surface area contributed by atoms with E-state index in [-0.39, 0.29) is 0 Å². The zero-order valence-corrected chi connectivity index (χ0v) is 12.9. The van der Waals surface area contributed by atoms with Crippen LogP contribution in [0.15, 0.2) is 18.2 Å². The molecule has 0 bridgehead atoms. The Hall–Kier alpha value is -1.26. The predicted molar refractivity (Wildman–Crippen MR) is 79.4 cm³/mol. The molecule has 0 aliphatic heterocycles. The smallest absolute Gasteiger partial charge is 0.161 e. The molecule has 0 fully saturated rings. The van der Waals surface area contributed by atoms with Crippen molar-refractivity contribution in [3.05, 3.63) is 23.8 Å². The van der Waals surface area contributed by atoms with E-state index in [1.165, 1.54) is 0 Å². The topological polar surface area (TPSA) is 47.9 Å². The summed E-state index contributed by atoms with van der Waals surface area (Å²) in [5.41, 5.74) is 0.770. The largest absolute Gasteiger partial charge is 0.493 e. The van der Waals surface area contributed by atoms with Gasteiger partial charge < -0.3 is 19.3 Å². The summed E-state index contributed by atoms with van der Waals surface area (Å²) in [6.07, 6.45) is 1.52. The summed E-state index contributed by atoms with van der Waals surface area (Å²) < 4.78 is 15.9. The Balaban J connectivity index is 2.45. The highest BCUT2D eigenvalue weighted by Crippen LogP contribution is 2.30. The lowest BCUT2D eigenvalue weighted by Gasteiger charge is -2.14. The summed E-state index contributed by atoms with van der Waals surface area (Å²) in [5.74, 6) is 1.96. The summed E-state index contributed by atoms with van der Waals surface area (Å²) in [4.78, 5) is 0. The van der Waals surface area contributed by atoms with Crippen LogP contribution in [0.25, 0.3) is 0 Å². The summed E-state index contributed by atoms with van der Waals surface area (Å²) in [7, 11) is 3.17. The number of methoxy groups -OCH3 is 2. The van der Waals surface area contributed by atoms with Crippen LogP contribution < -0.4 is 9.47 Å². The van der Waals surface area contributed by atoms with Gasteiger partial charge in [0, 0.05) is 6.61 Å². The first-order valence-corrected chi connectivity index (χ1v) is 7.06. The van der Waals surface area contributed by atoms with Crippen molar-refractivity contribution in [3.8, 4) is 11.5 Å². The van der Waals surface area contributed by atoms with Crippen molar-refractivity contribution in [2.24, 2.45) is 5.92 Å². The fourth-order valence-electron chi connectivity index (χ4n) is 1.94. The maximum absolute atomic E-state index is 10.1. The lowest BCUT2D eigenvalue weighted by Crippen LogP contribution is -2.09. The van der Waals surface area contributed by atoms with Crippen LogP contribution in [0.5, 0.6) is 11.5 Å². The van der Waals surface area contributed by atoms with E-state index < -0.39 is 6.10 Å². The zero-order valence-electron chi connectivity index (χ0n) is 12.9. The number of hydrogen-bond donors (Lipinski definition) is 1. The number of aliphatic hydroxyl groups is 1. The lowest BCUT2D eigenvalue weighted by atomic mass is 10.1. The van der Waals surface area contributed by atoms with Gasteiger partial charge in [-0.05, 0) is 36.5 Å². The number of benzene rings is 1. The van der Waals surface area contributed by atoms with Gasteiger partial charge >= 0.3 is 0 Å². The van der Waals surface area contributed by atoms with Crippen LogP contribution in [0.1, 0.15) is 38.4 Å². The SMILES string of the molecule is COc1ccc(C(O)COCCCC(C)C)cc1OC. The lowest BCUT2D eigenvalue weighted by molar-refractivity contribution is 0.0336. The first-order valence-electron chi connectivity index (χ1n) is 7.06. The molecule has 1 aromatic rings. The number of rotatable bonds is 9. The van der Waals surface area contributed by atoms with E-state index in [9.17, 15) is 5.11 Å². The Kier molecular flexibility index (Phi) is 7.41. The minimum absolute atomic E-state index is 0.299. The number of aliphatic hydroxyl groups excluding tert-OH is 1. The molecule has 0 aliphatic rings. The van der Waals surface area contributed by atoms with Gasteiger partial charge in [0.2, 0.25) is 0 Å². The van der Waals surface area contributed by atoms with Crippen LogP contribution in [0.2, 0.25) is 0 Å². The summed E-state index contributed by atoms with van der Waals surface area (Å²) >= 11 is 0. The number of hydrogen-bond acceptors (Lipinski definition) is 4. The Bertz CT molecular complexity index is 390. The highest BCUT2D eigenvalue weighted by molar-refractivity contribution is 5.43. The average molecular weight is 282 g/mol. The molecule has 0 aromatic heterocycles. The molecule has 0 radical (unpaired) electrons. The second-order valence-electron chi connectivity index (χ2n) is 5.24. The fraction of sp³-hybridized carbons (Fsp3) is 0.625. The van der Waals surface area contributed by atoms with E-state index in [0.29, 0.717) is 30.6 Å². The molecule has 0 saturated carbocycles. The first-order chi connectivity index (χ1) is 9.58. The molecule has 20 heavy (non-hydrogen) atoms. The average Bonchev–Trinajstić information content (AvgIpc) is 2.45. The minimum atomic E-state index is -0.645. The van der Waals surface area contributed by atoms with Crippen LogP contribution in [0.3, 0.4) is 0 Å². The zero-order chi connectivity index (χ0) is 15.0. The maximum Gasteiger partial charge on any atom is 0.161 e. The fourth-order valence-corrected chi connectivity index (χ4v) is 1.94. The third-order valence-corrected chi connectivity index (χ3v) is 3.14. The predicted octanol–water partition coefficient (Wildman–Crippen LogP) is 3.19. The van der Waals surface area contributed by atoms with Crippen LogP contribution in [-0.2, 0) is 4.74 Å². The first kappa shape index (κ1) is 16.8. The molecule has 1 N–H and O–H groups in total. The summed E-state index contributed by atoms with van der Waals surface area (Å²) in [6.45, 7) is 5.37. The molecular weight excluding hydrogens is 256 g/mol. The highest BCUT2D eigenvalue weighted by Gasteiger charge is 2.11. The Morgan fingerprint density at radius 2 is 1.80 bits per heavy atom. The highest BCUT2D eigenvalue weighted by atomic mass is 16.5. The second kappa shape index (κ2) is 8.82. The summed E-state index contributed by atoms with van der Waals surface area (Å²) in [5, 5.41) is 10.1.